The third kappa shape index (κ3) is 3.87. The van der Waals surface area contributed by atoms with Crippen molar-refractivity contribution in [3.8, 4) is 0 Å². The van der Waals surface area contributed by atoms with Crippen LogP contribution < -0.4 is 5.32 Å². The van der Waals surface area contributed by atoms with Crippen LogP contribution in [-0.4, -0.2) is 33.3 Å². The van der Waals surface area contributed by atoms with Gasteiger partial charge in [0.2, 0.25) is 5.91 Å². The molecule has 4 atom stereocenters. The van der Waals surface area contributed by atoms with Gasteiger partial charge in [0.1, 0.15) is 11.5 Å². The minimum Gasteiger partial charge on any atom is -0.358 e. The highest BCUT2D eigenvalue weighted by Gasteiger charge is 2.70. The lowest BCUT2D eigenvalue weighted by atomic mass is 9.62. The van der Waals surface area contributed by atoms with Gasteiger partial charge in [-0.25, -0.2) is 0 Å². The summed E-state index contributed by atoms with van der Waals surface area (Å²) >= 11 is 12.7. The van der Waals surface area contributed by atoms with Crippen LogP contribution in [0.3, 0.4) is 0 Å². The highest BCUT2D eigenvalue weighted by atomic mass is 35.5. The molecule has 4 aromatic rings. The van der Waals surface area contributed by atoms with E-state index in [2.05, 4.69) is 5.32 Å². The number of ketones is 2. The molecule has 3 heterocycles. The first-order valence-corrected chi connectivity index (χ1v) is 14.2. The van der Waals surface area contributed by atoms with Crippen molar-refractivity contribution in [2.24, 2.45) is 5.92 Å². The second kappa shape index (κ2) is 9.90. The highest BCUT2D eigenvalue weighted by Crippen LogP contribution is 2.62. The molecule has 1 saturated heterocycles. The quantitative estimate of drug-likeness (QED) is 0.150. The van der Waals surface area contributed by atoms with Gasteiger partial charge in [-0.1, -0.05) is 65.7 Å². The molecule has 1 spiro atoms. The fourth-order valence-corrected chi connectivity index (χ4v) is 7.44. The van der Waals surface area contributed by atoms with Gasteiger partial charge in [0.05, 0.1) is 21.9 Å². The van der Waals surface area contributed by atoms with Crippen LogP contribution in [0, 0.1) is 16.0 Å². The predicted octanol–water partition coefficient (Wildman–Crippen LogP) is 6.88. The molecule has 8 nitrogen and oxygen atoms in total. The van der Waals surface area contributed by atoms with E-state index < -0.39 is 45.8 Å². The van der Waals surface area contributed by atoms with Gasteiger partial charge in [-0.05, 0) is 59.2 Å². The molecule has 10 heteroatoms. The number of carbonyl (C=O) groups excluding carboxylic acids is 3. The van der Waals surface area contributed by atoms with E-state index in [0.717, 1.165) is 11.1 Å². The molecule has 3 aliphatic heterocycles. The number of rotatable bonds is 5. The van der Waals surface area contributed by atoms with Crippen LogP contribution in [0.2, 0.25) is 10.0 Å². The van der Waals surface area contributed by atoms with Gasteiger partial charge in [-0.2, -0.15) is 0 Å². The second-order valence-corrected chi connectivity index (χ2v) is 11.6. The average molecular weight is 610 g/mol. The third-order valence-corrected chi connectivity index (χ3v) is 9.23. The number of nitro groups is 1. The first kappa shape index (κ1) is 27.1. The van der Waals surface area contributed by atoms with E-state index in [9.17, 15) is 24.5 Å². The van der Waals surface area contributed by atoms with Crippen molar-refractivity contribution in [2.45, 2.75) is 17.5 Å². The number of hydrogen-bond acceptors (Lipinski definition) is 6. The molecule has 1 N–H and O–H groups in total. The van der Waals surface area contributed by atoms with Crippen LogP contribution in [0.15, 0.2) is 97.2 Å². The maximum Gasteiger partial charge on any atom is 0.269 e. The number of benzene rings is 4. The van der Waals surface area contributed by atoms with Crippen LogP contribution >= 0.6 is 23.2 Å². The summed E-state index contributed by atoms with van der Waals surface area (Å²) in [5, 5.41) is 14.8. The zero-order valence-corrected chi connectivity index (χ0v) is 23.8. The van der Waals surface area contributed by atoms with E-state index in [1.807, 2.05) is 36.4 Å². The maximum atomic E-state index is 14.8. The zero-order valence-electron chi connectivity index (χ0n) is 22.2. The number of halogens is 2. The minimum absolute atomic E-state index is 0.120. The molecule has 212 valence electrons. The molecule has 43 heavy (non-hydrogen) atoms. The lowest BCUT2D eigenvalue weighted by Gasteiger charge is -2.38. The molecule has 3 aliphatic rings. The molecular weight excluding hydrogens is 589 g/mol. The average Bonchev–Trinajstić information content (AvgIpc) is 3.48. The van der Waals surface area contributed by atoms with Crippen molar-refractivity contribution in [3.05, 3.63) is 145 Å². The molecule has 0 radical (unpaired) electrons. The van der Waals surface area contributed by atoms with Gasteiger partial charge in [0.15, 0.2) is 11.6 Å². The van der Waals surface area contributed by atoms with Gasteiger partial charge >= 0.3 is 0 Å². The molecule has 1 fully saturated rings. The number of Topliss-reactive ketones (excluding diaryl/α,β-unsaturated/α-hetero) is 2. The summed E-state index contributed by atoms with van der Waals surface area (Å²) in [7, 11) is 0. The summed E-state index contributed by atoms with van der Waals surface area (Å²) in [6.07, 6.45) is 3.62. The van der Waals surface area contributed by atoms with Crippen molar-refractivity contribution in [1.82, 2.24) is 4.90 Å². The number of amides is 1. The summed E-state index contributed by atoms with van der Waals surface area (Å²) in [6, 6.07) is 22.6. The van der Waals surface area contributed by atoms with Crippen LogP contribution in [0.4, 0.5) is 11.4 Å². The van der Waals surface area contributed by atoms with Crippen LogP contribution in [-0.2, 0) is 10.2 Å². The Morgan fingerprint density at radius 2 is 1.63 bits per heavy atom. The fourth-order valence-electron chi connectivity index (χ4n) is 6.94. The van der Waals surface area contributed by atoms with Gasteiger partial charge in [-0.15, -0.1) is 0 Å². The molecular formula is C33H21Cl2N3O5. The Bertz CT molecular complexity index is 1910. The smallest absolute Gasteiger partial charge is 0.269 e. The summed E-state index contributed by atoms with van der Waals surface area (Å²) in [4.78, 5) is 56.5. The topological polar surface area (TPSA) is 110 Å². The fraction of sp³-hybridized carbons (Fsp3) is 0.121. The number of para-hydroxylation sites is 1. The Hall–Kier alpha value is -4.79. The van der Waals surface area contributed by atoms with Gasteiger partial charge in [0.25, 0.3) is 5.69 Å². The maximum absolute atomic E-state index is 14.8. The molecule has 4 aromatic carbocycles. The van der Waals surface area contributed by atoms with Crippen LogP contribution in [0.5, 0.6) is 0 Å². The first-order chi connectivity index (χ1) is 20.7. The Kier molecular flexibility index (Phi) is 6.23. The first-order valence-electron chi connectivity index (χ1n) is 13.5. The number of anilines is 1. The van der Waals surface area contributed by atoms with E-state index in [-0.39, 0.29) is 21.8 Å². The monoisotopic (exact) mass is 609 g/mol. The Morgan fingerprint density at radius 1 is 0.907 bits per heavy atom. The number of fused-ring (bicyclic) bond motifs is 6. The van der Waals surface area contributed by atoms with Crippen molar-refractivity contribution in [1.29, 1.82) is 0 Å². The highest BCUT2D eigenvalue weighted by molar-refractivity contribution is 6.37. The second-order valence-electron chi connectivity index (χ2n) is 10.7. The Balaban J connectivity index is 1.52. The summed E-state index contributed by atoms with van der Waals surface area (Å²) in [5.74, 6) is -2.60. The van der Waals surface area contributed by atoms with Gasteiger partial charge in [-0.3, -0.25) is 24.5 Å². The molecule has 1 amide bonds. The normalized spacial score (nSPS) is 23.0. The van der Waals surface area contributed by atoms with Crippen LogP contribution in [0.1, 0.15) is 43.4 Å². The largest absolute Gasteiger partial charge is 0.358 e. The van der Waals surface area contributed by atoms with Gasteiger partial charge in [0, 0.05) is 40.2 Å². The molecule has 7 rings (SSSR count). The van der Waals surface area contributed by atoms with E-state index in [1.54, 1.807) is 35.4 Å². The number of nitrogens with zero attached hydrogens (tertiary/aromatic N) is 2. The molecule has 0 saturated carbocycles. The number of non-ortho nitro benzene ring substituents is 1. The predicted molar refractivity (Wildman–Crippen MR) is 162 cm³/mol. The molecule has 0 bridgehead atoms. The zero-order chi connectivity index (χ0) is 30.0. The summed E-state index contributed by atoms with van der Waals surface area (Å²) < 4.78 is 0. The van der Waals surface area contributed by atoms with E-state index in [0.29, 0.717) is 16.3 Å². The van der Waals surface area contributed by atoms with Crippen molar-refractivity contribution in [2.75, 3.05) is 5.32 Å². The number of nitrogens with one attached hydrogen (secondary N) is 1. The SMILES string of the molecule is O=C(c1ccc(Cl)cc1Cl)[C@@H]1[C@H](C(=O)c2ccc([N+](=O)[O-])cc2)[C@]2(C(=O)Nc3ccccc32)[C@@H]2c3ccccc3C=CN12. The molecule has 0 aliphatic carbocycles. The van der Waals surface area contributed by atoms with Crippen LogP contribution in [0.25, 0.3) is 6.08 Å². The summed E-state index contributed by atoms with van der Waals surface area (Å²) in [6.45, 7) is 0. The van der Waals surface area contributed by atoms with Gasteiger partial charge < -0.3 is 10.2 Å². The van der Waals surface area contributed by atoms with Crippen molar-refractivity contribution in [3.63, 3.8) is 0 Å². The third-order valence-electron chi connectivity index (χ3n) is 8.68. The minimum atomic E-state index is -1.53. The standard InChI is InChI=1S/C33H21Cl2N3O5/c34-20-11-14-23(25(35)17-20)30(40)28-27(29(39)19-9-12-21(13-10-19)38(42)43)33(24-7-3-4-8-26(24)36-32(33)41)31-22-6-2-1-5-18(22)15-16-37(28)31/h1-17,27-28,31H,(H,36,41)/t27-,28+,31+,33+/m1/s1. The summed E-state index contributed by atoms with van der Waals surface area (Å²) in [5.41, 5.74) is 1.38. The Morgan fingerprint density at radius 3 is 2.37 bits per heavy atom. The van der Waals surface area contributed by atoms with E-state index in [1.165, 1.54) is 36.4 Å². The molecule has 0 unspecified atom stereocenters. The van der Waals surface area contributed by atoms with E-state index in [4.69, 9.17) is 23.2 Å². The lowest BCUT2D eigenvalue weighted by molar-refractivity contribution is -0.384. The number of nitro benzene ring substituents is 1. The number of carbonyl (C=O) groups is 3. The Labute approximate surface area is 255 Å². The lowest BCUT2D eigenvalue weighted by Crippen LogP contribution is -2.49. The van der Waals surface area contributed by atoms with Crippen molar-refractivity contribution >= 4 is 58.1 Å². The number of hydrogen-bond donors (Lipinski definition) is 1. The molecule has 0 aromatic heterocycles. The van der Waals surface area contributed by atoms with E-state index >= 15 is 0 Å². The van der Waals surface area contributed by atoms with Crippen molar-refractivity contribution < 1.29 is 19.3 Å².